The van der Waals surface area contributed by atoms with Crippen molar-refractivity contribution in [2.45, 2.75) is 17.2 Å². The van der Waals surface area contributed by atoms with E-state index in [1.807, 2.05) is 0 Å². The highest BCUT2D eigenvalue weighted by molar-refractivity contribution is 9.10. The van der Waals surface area contributed by atoms with Crippen molar-refractivity contribution in [3.05, 3.63) is 28.2 Å². The van der Waals surface area contributed by atoms with E-state index in [0.29, 0.717) is 0 Å². The number of amides is 1. The van der Waals surface area contributed by atoms with E-state index in [9.17, 15) is 22.0 Å². The predicted molar refractivity (Wildman–Crippen MR) is 72.7 cm³/mol. The van der Waals surface area contributed by atoms with Gasteiger partial charge < -0.3 is 4.90 Å². The number of rotatable bonds is 2. The zero-order chi connectivity index (χ0) is 15.1. The summed E-state index contributed by atoms with van der Waals surface area (Å²) in [6, 6.07) is 3.97. The first-order valence-electron chi connectivity index (χ1n) is 5.77. The molecule has 110 valence electrons. The van der Waals surface area contributed by atoms with Crippen LogP contribution in [0.2, 0.25) is 0 Å². The van der Waals surface area contributed by atoms with E-state index in [1.165, 1.54) is 18.2 Å². The molecule has 4 nitrogen and oxygen atoms in total. The summed E-state index contributed by atoms with van der Waals surface area (Å²) in [6.07, 6.45) is 0.705. The van der Waals surface area contributed by atoms with Gasteiger partial charge in [-0.25, -0.2) is 17.2 Å². The average molecular weight is 368 g/mol. The average Bonchev–Trinajstić information content (AvgIpc) is 2.67. The van der Waals surface area contributed by atoms with E-state index >= 15 is 0 Å². The lowest BCUT2D eigenvalue weighted by Gasteiger charge is -2.16. The largest absolute Gasteiger partial charge is 0.332 e. The van der Waals surface area contributed by atoms with Gasteiger partial charge in [-0.2, -0.15) is 0 Å². The molecule has 1 heterocycles. The number of likely N-dealkylation sites (tertiary alicyclic amines) is 1. The van der Waals surface area contributed by atoms with Gasteiger partial charge in [0.15, 0.2) is 9.84 Å². The lowest BCUT2D eigenvalue weighted by molar-refractivity contribution is 0.0120. The smallest absolute Gasteiger partial charge is 0.267 e. The number of sulfone groups is 1. The Hall–Kier alpha value is -1.02. The molecule has 1 aromatic carbocycles. The number of carbonyl (C=O) groups is 1. The minimum absolute atomic E-state index is 0.00270. The van der Waals surface area contributed by atoms with Crippen molar-refractivity contribution in [3.63, 3.8) is 0 Å². The number of hydrogen-bond donors (Lipinski definition) is 0. The number of halogens is 3. The third-order valence-corrected chi connectivity index (χ3v) is 5.11. The summed E-state index contributed by atoms with van der Waals surface area (Å²) in [7, 11) is -3.41. The number of alkyl halides is 2. The summed E-state index contributed by atoms with van der Waals surface area (Å²) in [5.41, 5.74) is 0.182. The molecule has 1 saturated heterocycles. The van der Waals surface area contributed by atoms with Crippen LogP contribution >= 0.6 is 15.9 Å². The summed E-state index contributed by atoms with van der Waals surface area (Å²) in [4.78, 5) is 13.2. The fourth-order valence-electron chi connectivity index (χ4n) is 2.03. The molecular weight excluding hydrogens is 356 g/mol. The van der Waals surface area contributed by atoms with E-state index in [2.05, 4.69) is 15.9 Å². The van der Waals surface area contributed by atoms with Crippen LogP contribution in [0.25, 0.3) is 0 Å². The van der Waals surface area contributed by atoms with E-state index in [4.69, 9.17) is 0 Å². The van der Waals surface area contributed by atoms with E-state index in [-0.39, 0.29) is 27.9 Å². The monoisotopic (exact) mass is 367 g/mol. The fourth-order valence-corrected chi connectivity index (χ4v) is 4.02. The molecule has 0 bridgehead atoms. The fraction of sp³-hybridized carbons (Fsp3) is 0.417. The van der Waals surface area contributed by atoms with Gasteiger partial charge in [-0.3, -0.25) is 4.79 Å². The number of nitrogens with zero attached hydrogens (tertiary/aromatic N) is 1. The molecule has 0 atom stereocenters. The van der Waals surface area contributed by atoms with Gasteiger partial charge in [-0.1, -0.05) is 0 Å². The Balaban J connectivity index is 2.27. The molecule has 0 aromatic heterocycles. The van der Waals surface area contributed by atoms with Crippen molar-refractivity contribution < 1.29 is 22.0 Å². The Kier molecular flexibility index (Phi) is 3.90. The van der Waals surface area contributed by atoms with E-state index in [0.717, 1.165) is 11.2 Å². The number of benzene rings is 1. The van der Waals surface area contributed by atoms with Crippen molar-refractivity contribution in [3.8, 4) is 0 Å². The Morgan fingerprint density at radius 2 is 2.05 bits per heavy atom. The maximum Gasteiger partial charge on any atom is 0.267 e. The highest BCUT2D eigenvalue weighted by Crippen LogP contribution is 2.29. The number of carbonyl (C=O) groups excluding carboxylic acids is 1. The molecule has 0 radical (unpaired) electrons. The lowest BCUT2D eigenvalue weighted by atomic mass is 10.2. The first kappa shape index (κ1) is 15.4. The van der Waals surface area contributed by atoms with Crippen LogP contribution in [-0.2, 0) is 9.84 Å². The van der Waals surface area contributed by atoms with Crippen molar-refractivity contribution >= 4 is 31.7 Å². The molecule has 0 saturated carbocycles. The van der Waals surface area contributed by atoms with Gasteiger partial charge in [0.2, 0.25) is 0 Å². The Morgan fingerprint density at radius 1 is 1.40 bits per heavy atom. The molecule has 1 aliphatic heterocycles. The van der Waals surface area contributed by atoms with Crippen LogP contribution in [0.5, 0.6) is 0 Å². The van der Waals surface area contributed by atoms with Crippen LogP contribution < -0.4 is 0 Å². The predicted octanol–water partition coefficient (Wildman–Crippen LogP) is 2.33. The Morgan fingerprint density at radius 3 is 2.50 bits per heavy atom. The van der Waals surface area contributed by atoms with Crippen molar-refractivity contribution in [2.24, 2.45) is 0 Å². The summed E-state index contributed by atoms with van der Waals surface area (Å²) >= 11 is 3.08. The topological polar surface area (TPSA) is 54.5 Å². The number of hydrogen-bond acceptors (Lipinski definition) is 3. The minimum atomic E-state index is -3.41. The second-order valence-corrected chi connectivity index (χ2v) is 7.59. The Bertz CT molecular complexity index is 661. The minimum Gasteiger partial charge on any atom is -0.332 e. The molecule has 0 N–H and O–H groups in total. The lowest BCUT2D eigenvalue weighted by Crippen LogP contribution is -2.31. The van der Waals surface area contributed by atoms with Crippen molar-refractivity contribution in [2.75, 3.05) is 19.3 Å². The molecular formula is C12H12BrF2NO3S. The van der Waals surface area contributed by atoms with Crippen molar-refractivity contribution in [1.82, 2.24) is 4.90 Å². The molecule has 0 spiro atoms. The summed E-state index contributed by atoms with van der Waals surface area (Å²) in [5.74, 6) is -3.37. The van der Waals surface area contributed by atoms with Gasteiger partial charge in [0.05, 0.1) is 11.4 Å². The second kappa shape index (κ2) is 5.07. The molecule has 0 aliphatic carbocycles. The normalized spacial score (nSPS) is 18.3. The van der Waals surface area contributed by atoms with Crippen LogP contribution in [0.1, 0.15) is 16.8 Å². The maximum atomic E-state index is 13.1. The molecule has 1 amide bonds. The van der Waals surface area contributed by atoms with Crippen LogP contribution in [-0.4, -0.2) is 44.5 Å². The highest BCUT2D eigenvalue weighted by Gasteiger charge is 2.40. The van der Waals surface area contributed by atoms with E-state index < -0.39 is 28.2 Å². The van der Waals surface area contributed by atoms with Gasteiger partial charge >= 0.3 is 0 Å². The molecule has 1 fully saturated rings. The standard InChI is InChI=1S/C12H12BrF2NO3S/c1-20(18,19)10-3-2-8(6-9(10)13)11(17)16-5-4-12(14,15)7-16/h2-3,6H,4-5,7H2,1H3. The highest BCUT2D eigenvalue weighted by atomic mass is 79.9. The zero-order valence-corrected chi connectivity index (χ0v) is 13.0. The first-order chi connectivity index (χ1) is 9.10. The van der Waals surface area contributed by atoms with Crippen LogP contribution in [0.4, 0.5) is 8.78 Å². The summed E-state index contributed by atoms with van der Waals surface area (Å²) < 4.78 is 49.3. The van der Waals surface area contributed by atoms with Gasteiger partial charge in [0, 0.05) is 29.3 Å². The SMILES string of the molecule is CS(=O)(=O)c1ccc(C(=O)N2CCC(F)(F)C2)cc1Br. The molecule has 20 heavy (non-hydrogen) atoms. The van der Waals surface area contributed by atoms with Gasteiger partial charge in [0.25, 0.3) is 11.8 Å². The summed E-state index contributed by atoms with van der Waals surface area (Å²) in [6.45, 7) is -0.603. The van der Waals surface area contributed by atoms with Gasteiger partial charge in [-0.15, -0.1) is 0 Å². The quantitative estimate of drug-likeness (QED) is 0.805. The van der Waals surface area contributed by atoms with Gasteiger partial charge in [0.1, 0.15) is 0 Å². The molecule has 1 aromatic rings. The third-order valence-electron chi connectivity index (χ3n) is 3.04. The molecule has 0 unspecified atom stereocenters. The third kappa shape index (κ3) is 3.17. The van der Waals surface area contributed by atoms with Crippen LogP contribution in [0.3, 0.4) is 0 Å². The molecule has 1 aliphatic rings. The molecule has 8 heteroatoms. The van der Waals surface area contributed by atoms with Crippen LogP contribution in [0, 0.1) is 0 Å². The summed E-state index contributed by atoms with van der Waals surface area (Å²) in [5, 5.41) is 0. The van der Waals surface area contributed by atoms with Crippen LogP contribution in [0.15, 0.2) is 27.6 Å². The maximum absolute atomic E-state index is 13.1. The Labute approximate surface area is 123 Å². The first-order valence-corrected chi connectivity index (χ1v) is 8.45. The molecule has 2 rings (SSSR count). The van der Waals surface area contributed by atoms with Crippen molar-refractivity contribution in [1.29, 1.82) is 0 Å². The van der Waals surface area contributed by atoms with E-state index in [1.54, 1.807) is 0 Å². The second-order valence-electron chi connectivity index (χ2n) is 4.75. The zero-order valence-electron chi connectivity index (χ0n) is 10.6. The van der Waals surface area contributed by atoms with Gasteiger partial charge in [-0.05, 0) is 34.1 Å².